The van der Waals surface area contributed by atoms with Gasteiger partial charge in [0.05, 0.1) is 5.97 Å². The number of carbonyl (C=O) groups is 1. The summed E-state index contributed by atoms with van der Waals surface area (Å²) in [5, 5.41) is 10.2. The fourth-order valence-electron chi connectivity index (χ4n) is 1.19. The van der Waals surface area contributed by atoms with Crippen LogP contribution >= 0.6 is 0 Å². The van der Waals surface area contributed by atoms with E-state index in [0.29, 0.717) is 5.75 Å². The standard InChI is InChI=1S/C12H16O3.Na/c1-12(2,3)9-4-6-10(7-5-9)15-8-11(13)14;/h4-7H,8H2,1-3H3,(H,13,14);/q;+1/p-1. The third kappa shape index (κ3) is 5.01. The molecule has 1 aromatic carbocycles. The molecule has 0 aliphatic rings. The van der Waals surface area contributed by atoms with E-state index in [2.05, 4.69) is 20.8 Å². The number of ether oxygens (including phenoxy) is 1. The van der Waals surface area contributed by atoms with Crippen molar-refractivity contribution in [2.24, 2.45) is 0 Å². The number of carboxylic acids is 1. The molecule has 82 valence electrons. The van der Waals surface area contributed by atoms with Gasteiger partial charge in [0.2, 0.25) is 0 Å². The number of benzene rings is 1. The summed E-state index contributed by atoms with van der Waals surface area (Å²) in [5.41, 5.74) is 1.27. The number of carboxylic acid groups (broad SMARTS) is 1. The van der Waals surface area contributed by atoms with E-state index in [1.54, 1.807) is 12.1 Å². The molecule has 0 amide bonds. The van der Waals surface area contributed by atoms with Gasteiger partial charge in [-0.1, -0.05) is 32.9 Å². The molecular weight excluding hydrogens is 215 g/mol. The van der Waals surface area contributed by atoms with Crippen molar-refractivity contribution < 1.29 is 44.2 Å². The monoisotopic (exact) mass is 230 g/mol. The Hall–Kier alpha value is -0.510. The van der Waals surface area contributed by atoms with Gasteiger partial charge < -0.3 is 14.6 Å². The summed E-state index contributed by atoms with van der Waals surface area (Å²) in [7, 11) is 0. The minimum Gasteiger partial charge on any atom is -0.546 e. The normalized spacial score (nSPS) is 10.4. The van der Waals surface area contributed by atoms with Gasteiger partial charge in [0.25, 0.3) is 0 Å². The summed E-state index contributed by atoms with van der Waals surface area (Å²) >= 11 is 0. The summed E-state index contributed by atoms with van der Waals surface area (Å²) in [6.07, 6.45) is 0. The molecule has 0 bridgehead atoms. The molecular formula is C12H15NaO3. The van der Waals surface area contributed by atoms with Gasteiger partial charge in [-0.25, -0.2) is 0 Å². The van der Waals surface area contributed by atoms with Gasteiger partial charge in [-0.05, 0) is 23.1 Å². The molecule has 0 aliphatic heterocycles. The molecule has 0 aromatic heterocycles. The third-order valence-electron chi connectivity index (χ3n) is 2.08. The van der Waals surface area contributed by atoms with Crippen LogP contribution in [0.2, 0.25) is 0 Å². The van der Waals surface area contributed by atoms with Gasteiger partial charge in [0, 0.05) is 0 Å². The first kappa shape index (κ1) is 15.5. The van der Waals surface area contributed by atoms with E-state index < -0.39 is 12.6 Å². The first-order chi connectivity index (χ1) is 6.89. The van der Waals surface area contributed by atoms with Crippen LogP contribution in [0.1, 0.15) is 26.3 Å². The van der Waals surface area contributed by atoms with Gasteiger partial charge in [0.15, 0.2) is 0 Å². The molecule has 3 nitrogen and oxygen atoms in total. The molecule has 1 rings (SSSR count). The summed E-state index contributed by atoms with van der Waals surface area (Å²) in [5.74, 6) is -0.665. The van der Waals surface area contributed by atoms with Crippen LogP contribution in [0.3, 0.4) is 0 Å². The summed E-state index contributed by atoms with van der Waals surface area (Å²) in [6, 6.07) is 7.41. The Kier molecular flexibility index (Phi) is 6.08. The Morgan fingerprint density at radius 3 is 2.12 bits per heavy atom. The maximum absolute atomic E-state index is 10.2. The van der Waals surface area contributed by atoms with Crippen molar-refractivity contribution in [1.29, 1.82) is 0 Å². The van der Waals surface area contributed by atoms with Gasteiger partial charge >= 0.3 is 29.6 Å². The molecule has 0 spiro atoms. The Morgan fingerprint density at radius 2 is 1.75 bits per heavy atom. The van der Waals surface area contributed by atoms with Crippen molar-refractivity contribution in [3.63, 3.8) is 0 Å². The topological polar surface area (TPSA) is 49.4 Å². The van der Waals surface area contributed by atoms with E-state index in [9.17, 15) is 9.90 Å². The molecule has 0 radical (unpaired) electrons. The number of aliphatic carboxylic acids is 1. The molecule has 0 fully saturated rings. The van der Waals surface area contributed by atoms with Crippen LogP contribution in [0, 0.1) is 0 Å². The summed E-state index contributed by atoms with van der Waals surface area (Å²) in [4.78, 5) is 10.2. The number of carbonyl (C=O) groups excluding carboxylic acids is 1. The SMILES string of the molecule is CC(C)(C)c1ccc(OCC(=O)[O-])cc1.[Na+]. The fraction of sp³-hybridized carbons (Fsp3) is 0.417. The Bertz CT molecular complexity index is 338. The molecule has 0 saturated carbocycles. The van der Waals surface area contributed by atoms with Crippen LogP contribution in [0.4, 0.5) is 0 Å². The Labute approximate surface area is 118 Å². The van der Waals surface area contributed by atoms with Crippen molar-refractivity contribution in [3.8, 4) is 5.75 Å². The van der Waals surface area contributed by atoms with E-state index in [4.69, 9.17) is 4.74 Å². The largest absolute Gasteiger partial charge is 1.00 e. The van der Waals surface area contributed by atoms with Crippen molar-refractivity contribution in [2.45, 2.75) is 26.2 Å². The van der Waals surface area contributed by atoms with E-state index in [1.165, 1.54) is 5.56 Å². The van der Waals surface area contributed by atoms with E-state index in [0.717, 1.165) is 0 Å². The van der Waals surface area contributed by atoms with Crippen molar-refractivity contribution in [1.82, 2.24) is 0 Å². The molecule has 4 heteroatoms. The van der Waals surface area contributed by atoms with Gasteiger partial charge in [-0.15, -0.1) is 0 Å². The summed E-state index contributed by atoms with van der Waals surface area (Å²) < 4.78 is 4.97. The predicted molar refractivity (Wildman–Crippen MR) is 55.6 cm³/mol. The molecule has 0 saturated heterocycles. The third-order valence-corrected chi connectivity index (χ3v) is 2.08. The Morgan fingerprint density at radius 1 is 1.25 bits per heavy atom. The van der Waals surface area contributed by atoms with E-state index >= 15 is 0 Å². The minimum absolute atomic E-state index is 0. The smallest absolute Gasteiger partial charge is 0.546 e. The maximum atomic E-state index is 10.2. The zero-order valence-electron chi connectivity index (χ0n) is 10.2. The van der Waals surface area contributed by atoms with Crippen molar-refractivity contribution >= 4 is 5.97 Å². The van der Waals surface area contributed by atoms with Crippen LogP contribution in [0.15, 0.2) is 24.3 Å². The van der Waals surface area contributed by atoms with Crippen LogP contribution < -0.4 is 39.4 Å². The second kappa shape index (κ2) is 6.28. The first-order valence-electron chi connectivity index (χ1n) is 4.83. The Balaban J connectivity index is 0.00000225. The van der Waals surface area contributed by atoms with E-state index in [1.807, 2.05) is 12.1 Å². The van der Waals surface area contributed by atoms with Crippen molar-refractivity contribution in [2.75, 3.05) is 6.61 Å². The zero-order valence-corrected chi connectivity index (χ0v) is 12.2. The molecule has 0 aliphatic carbocycles. The average Bonchev–Trinajstić information content (AvgIpc) is 2.14. The first-order valence-corrected chi connectivity index (χ1v) is 4.83. The molecule has 1 aromatic rings. The van der Waals surface area contributed by atoms with Crippen LogP contribution in [0.5, 0.6) is 5.75 Å². The quantitative estimate of drug-likeness (QED) is 0.571. The van der Waals surface area contributed by atoms with Crippen LogP contribution in [-0.2, 0) is 10.2 Å². The number of hydrogen-bond donors (Lipinski definition) is 0. The minimum atomic E-state index is -1.21. The summed E-state index contributed by atoms with van der Waals surface area (Å²) in [6.45, 7) is 5.94. The molecule has 0 unspecified atom stereocenters. The van der Waals surface area contributed by atoms with Gasteiger partial charge in [-0.3, -0.25) is 0 Å². The fourth-order valence-corrected chi connectivity index (χ4v) is 1.19. The molecule has 0 atom stereocenters. The number of rotatable bonds is 3. The second-order valence-electron chi connectivity index (χ2n) is 4.44. The van der Waals surface area contributed by atoms with Gasteiger partial charge in [-0.2, -0.15) is 0 Å². The van der Waals surface area contributed by atoms with Crippen LogP contribution in [0.25, 0.3) is 0 Å². The molecule has 0 N–H and O–H groups in total. The average molecular weight is 230 g/mol. The molecule has 16 heavy (non-hydrogen) atoms. The van der Waals surface area contributed by atoms with Crippen LogP contribution in [-0.4, -0.2) is 12.6 Å². The van der Waals surface area contributed by atoms with E-state index in [-0.39, 0.29) is 35.0 Å². The second-order valence-corrected chi connectivity index (χ2v) is 4.44. The van der Waals surface area contributed by atoms with Gasteiger partial charge in [0.1, 0.15) is 12.4 Å². The predicted octanol–water partition coefficient (Wildman–Crippen LogP) is -1.88. The number of hydrogen-bond acceptors (Lipinski definition) is 3. The van der Waals surface area contributed by atoms with Crippen molar-refractivity contribution in [3.05, 3.63) is 29.8 Å². The maximum Gasteiger partial charge on any atom is 1.00 e. The molecule has 0 heterocycles. The zero-order chi connectivity index (χ0) is 11.5.